The molecule has 0 saturated carbocycles. The Morgan fingerprint density at radius 2 is 0.688 bits per heavy atom. The lowest BCUT2D eigenvalue weighted by Crippen LogP contribution is -1.96. The average molecular weight is 434 g/mol. The summed E-state index contributed by atoms with van der Waals surface area (Å²) in [4.78, 5) is 0. The number of benzene rings is 4. The minimum absolute atomic E-state index is 0.685. The second-order valence-electron chi connectivity index (χ2n) is 7.14. The van der Waals surface area contributed by atoms with Crippen molar-refractivity contribution in [2.75, 3.05) is 42.7 Å². The number of rotatable bonds is 7. The van der Waals surface area contributed by atoms with Gasteiger partial charge < -0.3 is 28.4 Å². The van der Waals surface area contributed by atoms with Gasteiger partial charge in [-0.2, -0.15) is 0 Å². The Labute approximate surface area is 187 Å². The summed E-state index contributed by atoms with van der Waals surface area (Å²) in [6.45, 7) is 0. The van der Waals surface area contributed by atoms with Crippen LogP contribution in [0.4, 0.5) is 0 Å². The summed E-state index contributed by atoms with van der Waals surface area (Å²) < 4.78 is 33.9. The molecular weight excluding hydrogens is 408 g/mol. The van der Waals surface area contributed by atoms with Gasteiger partial charge >= 0.3 is 0 Å². The fourth-order valence-corrected chi connectivity index (χ4v) is 4.13. The zero-order valence-electron chi connectivity index (χ0n) is 19.1. The van der Waals surface area contributed by atoms with Gasteiger partial charge in [0.2, 0.25) is 0 Å². The zero-order valence-corrected chi connectivity index (χ0v) is 19.1. The van der Waals surface area contributed by atoms with Crippen molar-refractivity contribution in [3.8, 4) is 45.6 Å². The van der Waals surface area contributed by atoms with E-state index in [1.54, 1.807) is 42.7 Å². The first-order valence-electron chi connectivity index (χ1n) is 10.1. The van der Waals surface area contributed by atoms with Crippen LogP contribution >= 0.6 is 0 Å². The fraction of sp³-hybridized carbons (Fsp3) is 0.231. The van der Waals surface area contributed by atoms with Crippen molar-refractivity contribution in [2.24, 2.45) is 0 Å². The van der Waals surface area contributed by atoms with E-state index in [-0.39, 0.29) is 0 Å². The molecule has 0 bridgehead atoms. The Balaban J connectivity index is 2.07. The first-order chi connectivity index (χ1) is 15.6. The maximum atomic E-state index is 5.75. The second kappa shape index (κ2) is 8.75. The molecule has 4 rings (SSSR count). The molecule has 0 amide bonds. The van der Waals surface area contributed by atoms with Crippen LogP contribution < -0.4 is 28.4 Å². The van der Waals surface area contributed by atoms with Gasteiger partial charge in [-0.05, 0) is 59.7 Å². The van der Waals surface area contributed by atoms with E-state index in [4.69, 9.17) is 28.4 Å². The van der Waals surface area contributed by atoms with E-state index < -0.39 is 0 Å². The molecule has 0 unspecified atom stereocenters. The number of hydrogen-bond acceptors (Lipinski definition) is 6. The molecule has 6 nitrogen and oxygen atoms in total. The van der Waals surface area contributed by atoms with Crippen molar-refractivity contribution in [2.45, 2.75) is 0 Å². The molecule has 0 aliphatic heterocycles. The summed E-state index contributed by atoms with van der Waals surface area (Å²) in [7, 11) is 9.87. The van der Waals surface area contributed by atoms with Crippen molar-refractivity contribution in [3.05, 3.63) is 48.5 Å². The predicted octanol–water partition coefficient (Wildman–Crippen LogP) is 5.71. The summed E-state index contributed by atoms with van der Waals surface area (Å²) in [5.41, 5.74) is 1.87. The molecule has 0 heterocycles. The van der Waals surface area contributed by atoms with Crippen molar-refractivity contribution >= 4 is 21.5 Å². The van der Waals surface area contributed by atoms with Gasteiger partial charge in [-0.1, -0.05) is 0 Å². The van der Waals surface area contributed by atoms with E-state index in [1.807, 2.05) is 36.4 Å². The number of fused-ring (bicyclic) bond motifs is 2. The largest absolute Gasteiger partial charge is 0.496 e. The summed E-state index contributed by atoms with van der Waals surface area (Å²) in [6.07, 6.45) is 0. The maximum absolute atomic E-state index is 5.75. The van der Waals surface area contributed by atoms with Gasteiger partial charge in [0, 0.05) is 10.8 Å². The number of ether oxygens (including phenoxy) is 6. The molecule has 32 heavy (non-hydrogen) atoms. The number of hydrogen-bond donors (Lipinski definition) is 0. The van der Waals surface area contributed by atoms with Crippen LogP contribution in [0, 0.1) is 0 Å². The smallest absolute Gasteiger partial charge is 0.131 e. The van der Waals surface area contributed by atoms with E-state index in [0.29, 0.717) is 23.0 Å². The molecule has 0 N–H and O–H groups in total. The molecule has 0 radical (unpaired) electrons. The minimum Gasteiger partial charge on any atom is -0.496 e. The summed E-state index contributed by atoms with van der Waals surface area (Å²) in [5, 5.41) is 3.48. The van der Waals surface area contributed by atoms with E-state index in [2.05, 4.69) is 12.1 Å². The van der Waals surface area contributed by atoms with Gasteiger partial charge in [0.15, 0.2) is 0 Å². The minimum atomic E-state index is 0.685. The fourth-order valence-electron chi connectivity index (χ4n) is 4.13. The standard InChI is InChI=1S/C26H26O6/c1-27-19-7-9-21(29-3)25-17(19)11-15(13-23(25)31-5)16-12-18-20(28-2)8-10-22(30-4)26(18)24(14-16)32-6/h7-14H,1-6H3. The molecule has 166 valence electrons. The topological polar surface area (TPSA) is 55.4 Å². The highest BCUT2D eigenvalue weighted by molar-refractivity contribution is 6.04. The van der Waals surface area contributed by atoms with Crippen molar-refractivity contribution in [1.29, 1.82) is 0 Å². The normalized spacial score (nSPS) is 10.8. The molecule has 0 saturated heterocycles. The van der Waals surface area contributed by atoms with Gasteiger partial charge in [-0.3, -0.25) is 0 Å². The van der Waals surface area contributed by atoms with Crippen molar-refractivity contribution in [1.82, 2.24) is 0 Å². The van der Waals surface area contributed by atoms with Gasteiger partial charge in [0.05, 0.1) is 53.4 Å². The molecule has 4 aromatic carbocycles. The SMILES string of the molecule is COc1ccc(OC)c2c(OC)cc(-c3cc(OC)c4c(OC)ccc(OC)c4c3)cc12. The van der Waals surface area contributed by atoms with Crippen LogP contribution in [-0.2, 0) is 0 Å². The third kappa shape index (κ3) is 3.38. The Bertz CT molecular complexity index is 1190. The molecule has 0 fully saturated rings. The predicted molar refractivity (Wildman–Crippen MR) is 126 cm³/mol. The van der Waals surface area contributed by atoms with Gasteiger partial charge in [-0.25, -0.2) is 0 Å². The summed E-state index contributed by atoms with van der Waals surface area (Å²) in [6, 6.07) is 15.6. The molecule has 6 heteroatoms. The monoisotopic (exact) mass is 434 g/mol. The second-order valence-corrected chi connectivity index (χ2v) is 7.14. The van der Waals surface area contributed by atoms with E-state index in [0.717, 1.165) is 44.2 Å². The highest BCUT2D eigenvalue weighted by atomic mass is 16.5. The molecule has 0 atom stereocenters. The highest BCUT2D eigenvalue weighted by Gasteiger charge is 2.18. The zero-order chi connectivity index (χ0) is 22.8. The lowest BCUT2D eigenvalue weighted by molar-refractivity contribution is 0.400. The lowest BCUT2D eigenvalue weighted by Gasteiger charge is -2.17. The van der Waals surface area contributed by atoms with Gasteiger partial charge in [0.1, 0.15) is 34.5 Å². The first-order valence-corrected chi connectivity index (χ1v) is 10.1. The van der Waals surface area contributed by atoms with Gasteiger partial charge in [-0.15, -0.1) is 0 Å². The maximum Gasteiger partial charge on any atom is 0.131 e. The average Bonchev–Trinajstić information content (AvgIpc) is 2.85. The third-order valence-electron chi connectivity index (χ3n) is 5.65. The van der Waals surface area contributed by atoms with Crippen LogP contribution in [0.1, 0.15) is 0 Å². The van der Waals surface area contributed by atoms with Crippen LogP contribution in [-0.4, -0.2) is 42.7 Å². The van der Waals surface area contributed by atoms with E-state index in [9.17, 15) is 0 Å². The lowest BCUT2D eigenvalue weighted by atomic mass is 9.96. The Kier molecular flexibility index (Phi) is 5.86. The molecule has 4 aromatic rings. The van der Waals surface area contributed by atoms with Crippen LogP contribution in [0.25, 0.3) is 32.7 Å². The Morgan fingerprint density at radius 1 is 0.375 bits per heavy atom. The Hall–Kier alpha value is -3.80. The van der Waals surface area contributed by atoms with Crippen LogP contribution in [0.3, 0.4) is 0 Å². The van der Waals surface area contributed by atoms with Crippen LogP contribution in [0.15, 0.2) is 48.5 Å². The molecule has 0 aliphatic carbocycles. The molecule has 0 aliphatic rings. The van der Waals surface area contributed by atoms with Crippen molar-refractivity contribution in [3.63, 3.8) is 0 Å². The summed E-state index contributed by atoms with van der Waals surface area (Å²) >= 11 is 0. The molecular formula is C26H26O6. The Morgan fingerprint density at radius 3 is 1.00 bits per heavy atom. The summed E-state index contributed by atoms with van der Waals surface area (Å²) in [5.74, 6) is 4.26. The van der Waals surface area contributed by atoms with Crippen LogP contribution in [0.5, 0.6) is 34.5 Å². The third-order valence-corrected chi connectivity index (χ3v) is 5.65. The quantitative estimate of drug-likeness (QED) is 0.371. The van der Waals surface area contributed by atoms with Crippen LogP contribution in [0.2, 0.25) is 0 Å². The first kappa shape index (κ1) is 21.4. The molecule has 0 aromatic heterocycles. The van der Waals surface area contributed by atoms with E-state index in [1.165, 1.54) is 0 Å². The van der Waals surface area contributed by atoms with Crippen molar-refractivity contribution < 1.29 is 28.4 Å². The highest BCUT2D eigenvalue weighted by Crippen LogP contribution is 2.45. The van der Waals surface area contributed by atoms with E-state index >= 15 is 0 Å². The number of methoxy groups -OCH3 is 6. The molecule has 0 spiro atoms. The van der Waals surface area contributed by atoms with Gasteiger partial charge in [0.25, 0.3) is 0 Å².